The molecule has 0 bridgehead atoms. The molecule has 0 radical (unpaired) electrons. The maximum Gasteiger partial charge on any atom is 0.268 e. The summed E-state index contributed by atoms with van der Waals surface area (Å²) in [5.74, 6) is -0.0204. The van der Waals surface area contributed by atoms with E-state index in [-0.39, 0.29) is 5.91 Å². The molecule has 1 amide bonds. The van der Waals surface area contributed by atoms with Crippen molar-refractivity contribution in [1.29, 1.82) is 0 Å². The molecular formula is C12H11ClN2O. The van der Waals surface area contributed by atoms with Crippen molar-refractivity contribution < 1.29 is 4.79 Å². The zero-order chi connectivity index (χ0) is 11.3. The van der Waals surface area contributed by atoms with Crippen LogP contribution in [0.3, 0.4) is 0 Å². The SMILES string of the molecule is Cc1c(Cl)ccc2c3c([nH]c12)C(=O)NCC3. The molecule has 1 aromatic heterocycles. The van der Waals surface area contributed by atoms with Gasteiger partial charge >= 0.3 is 0 Å². The molecule has 16 heavy (non-hydrogen) atoms. The highest BCUT2D eigenvalue weighted by atomic mass is 35.5. The van der Waals surface area contributed by atoms with Gasteiger partial charge in [-0.1, -0.05) is 17.7 Å². The molecule has 2 heterocycles. The fraction of sp³-hybridized carbons (Fsp3) is 0.250. The molecule has 2 aromatic rings. The molecule has 0 atom stereocenters. The molecule has 0 spiro atoms. The van der Waals surface area contributed by atoms with Crippen molar-refractivity contribution in [2.75, 3.05) is 6.54 Å². The number of aromatic nitrogens is 1. The first kappa shape index (κ1) is 9.73. The zero-order valence-electron chi connectivity index (χ0n) is 8.86. The normalized spacial score (nSPS) is 15.0. The number of aromatic amines is 1. The van der Waals surface area contributed by atoms with E-state index in [9.17, 15) is 4.79 Å². The third-order valence-electron chi connectivity index (χ3n) is 3.16. The van der Waals surface area contributed by atoms with Gasteiger partial charge in [-0.2, -0.15) is 0 Å². The summed E-state index contributed by atoms with van der Waals surface area (Å²) in [5.41, 5.74) is 3.78. The van der Waals surface area contributed by atoms with Crippen molar-refractivity contribution in [2.24, 2.45) is 0 Å². The number of hydrogen-bond acceptors (Lipinski definition) is 1. The Bertz CT molecular complexity index is 601. The number of amides is 1. The summed E-state index contributed by atoms with van der Waals surface area (Å²) >= 11 is 6.07. The Kier molecular flexibility index (Phi) is 1.98. The Morgan fingerprint density at radius 2 is 2.19 bits per heavy atom. The molecule has 2 N–H and O–H groups in total. The number of carbonyl (C=O) groups is 1. The van der Waals surface area contributed by atoms with E-state index < -0.39 is 0 Å². The smallest absolute Gasteiger partial charge is 0.268 e. The first-order chi connectivity index (χ1) is 7.68. The van der Waals surface area contributed by atoms with E-state index in [1.54, 1.807) is 0 Å². The quantitative estimate of drug-likeness (QED) is 0.723. The van der Waals surface area contributed by atoms with Crippen LogP contribution in [-0.4, -0.2) is 17.4 Å². The van der Waals surface area contributed by atoms with E-state index in [1.165, 1.54) is 0 Å². The Morgan fingerprint density at radius 3 is 3.00 bits per heavy atom. The number of rotatable bonds is 0. The van der Waals surface area contributed by atoms with Crippen LogP contribution in [-0.2, 0) is 6.42 Å². The molecule has 1 aromatic carbocycles. The molecule has 0 aliphatic carbocycles. The number of hydrogen-bond donors (Lipinski definition) is 2. The number of benzene rings is 1. The average Bonchev–Trinajstić information content (AvgIpc) is 2.65. The van der Waals surface area contributed by atoms with Gasteiger partial charge in [-0.05, 0) is 30.5 Å². The van der Waals surface area contributed by atoms with Crippen LogP contribution in [0.15, 0.2) is 12.1 Å². The van der Waals surface area contributed by atoms with Gasteiger partial charge in [0.05, 0.1) is 5.52 Å². The van der Waals surface area contributed by atoms with E-state index in [0.29, 0.717) is 12.2 Å². The fourth-order valence-electron chi connectivity index (χ4n) is 2.28. The van der Waals surface area contributed by atoms with Crippen molar-refractivity contribution in [3.63, 3.8) is 0 Å². The minimum Gasteiger partial charge on any atom is -0.350 e. The van der Waals surface area contributed by atoms with Gasteiger partial charge < -0.3 is 10.3 Å². The summed E-state index contributed by atoms with van der Waals surface area (Å²) in [4.78, 5) is 14.9. The van der Waals surface area contributed by atoms with Gasteiger partial charge in [0.2, 0.25) is 0 Å². The highest BCUT2D eigenvalue weighted by Crippen LogP contribution is 2.30. The Hall–Kier alpha value is -1.48. The summed E-state index contributed by atoms with van der Waals surface area (Å²) in [6.07, 6.45) is 0.877. The summed E-state index contributed by atoms with van der Waals surface area (Å²) in [7, 11) is 0. The molecule has 0 fully saturated rings. The molecular weight excluding hydrogens is 224 g/mol. The highest BCUT2D eigenvalue weighted by molar-refractivity contribution is 6.32. The van der Waals surface area contributed by atoms with Crippen LogP contribution >= 0.6 is 11.6 Å². The minimum atomic E-state index is -0.0204. The first-order valence-corrected chi connectivity index (χ1v) is 5.64. The molecule has 3 nitrogen and oxygen atoms in total. The second-order valence-corrected chi connectivity index (χ2v) is 4.49. The van der Waals surface area contributed by atoms with Gasteiger partial charge in [0.15, 0.2) is 0 Å². The van der Waals surface area contributed by atoms with Crippen LogP contribution in [0.1, 0.15) is 21.6 Å². The zero-order valence-corrected chi connectivity index (χ0v) is 9.61. The predicted octanol–water partition coefficient (Wildman–Crippen LogP) is 2.42. The maximum absolute atomic E-state index is 11.7. The highest BCUT2D eigenvalue weighted by Gasteiger charge is 2.22. The largest absolute Gasteiger partial charge is 0.350 e. The van der Waals surface area contributed by atoms with Crippen LogP contribution in [0, 0.1) is 6.92 Å². The van der Waals surface area contributed by atoms with E-state index >= 15 is 0 Å². The maximum atomic E-state index is 11.7. The van der Waals surface area contributed by atoms with E-state index in [0.717, 1.165) is 33.5 Å². The molecule has 4 heteroatoms. The fourth-order valence-corrected chi connectivity index (χ4v) is 2.43. The Labute approximate surface area is 97.8 Å². The topological polar surface area (TPSA) is 44.9 Å². The van der Waals surface area contributed by atoms with Crippen LogP contribution in [0.2, 0.25) is 5.02 Å². The van der Waals surface area contributed by atoms with Gasteiger partial charge in [0.25, 0.3) is 5.91 Å². The summed E-state index contributed by atoms with van der Waals surface area (Å²) in [6, 6.07) is 3.87. The summed E-state index contributed by atoms with van der Waals surface area (Å²) in [6.45, 7) is 2.67. The van der Waals surface area contributed by atoms with Crippen molar-refractivity contribution in [3.05, 3.63) is 34.0 Å². The number of carbonyl (C=O) groups excluding carboxylic acids is 1. The molecule has 0 unspecified atom stereocenters. The second-order valence-electron chi connectivity index (χ2n) is 4.08. The molecule has 82 valence electrons. The predicted molar refractivity (Wildman–Crippen MR) is 64.1 cm³/mol. The van der Waals surface area contributed by atoms with Crippen molar-refractivity contribution in [2.45, 2.75) is 13.3 Å². The number of aryl methyl sites for hydroxylation is 1. The lowest BCUT2D eigenvalue weighted by Gasteiger charge is -2.11. The van der Waals surface area contributed by atoms with Gasteiger partial charge in [0, 0.05) is 17.0 Å². The lowest BCUT2D eigenvalue weighted by atomic mass is 10.0. The van der Waals surface area contributed by atoms with E-state index in [4.69, 9.17) is 11.6 Å². The molecule has 0 saturated heterocycles. The number of H-pyrrole nitrogens is 1. The number of fused-ring (bicyclic) bond motifs is 3. The third kappa shape index (κ3) is 1.18. The van der Waals surface area contributed by atoms with E-state index in [2.05, 4.69) is 10.3 Å². The monoisotopic (exact) mass is 234 g/mol. The summed E-state index contributed by atoms with van der Waals surface area (Å²) < 4.78 is 0. The van der Waals surface area contributed by atoms with Crippen molar-refractivity contribution in [1.82, 2.24) is 10.3 Å². The lowest BCUT2D eigenvalue weighted by molar-refractivity contribution is 0.0942. The lowest BCUT2D eigenvalue weighted by Crippen LogP contribution is -2.31. The first-order valence-electron chi connectivity index (χ1n) is 5.26. The van der Waals surface area contributed by atoms with Crippen LogP contribution in [0.4, 0.5) is 0 Å². The average molecular weight is 235 g/mol. The summed E-state index contributed by atoms with van der Waals surface area (Å²) in [5, 5.41) is 4.68. The third-order valence-corrected chi connectivity index (χ3v) is 3.57. The minimum absolute atomic E-state index is 0.0204. The molecule has 1 aliphatic rings. The van der Waals surface area contributed by atoms with Gasteiger partial charge in [-0.25, -0.2) is 0 Å². The Morgan fingerprint density at radius 1 is 1.38 bits per heavy atom. The molecule has 1 aliphatic heterocycles. The second kappa shape index (κ2) is 3.25. The van der Waals surface area contributed by atoms with Crippen LogP contribution < -0.4 is 5.32 Å². The standard InChI is InChI=1S/C12H11ClN2O/c1-6-9(13)3-2-7-8-4-5-14-12(16)11(8)15-10(6)7/h2-3,15H,4-5H2,1H3,(H,14,16). The number of halogens is 1. The van der Waals surface area contributed by atoms with E-state index in [1.807, 2.05) is 19.1 Å². The van der Waals surface area contributed by atoms with Gasteiger partial charge in [0.1, 0.15) is 5.69 Å². The molecule has 3 rings (SSSR count). The van der Waals surface area contributed by atoms with Crippen molar-refractivity contribution >= 4 is 28.4 Å². The Balaban J connectivity index is 2.40. The van der Waals surface area contributed by atoms with Gasteiger partial charge in [-0.15, -0.1) is 0 Å². The molecule has 0 saturated carbocycles. The number of nitrogens with one attached hydrogen (secondary N) is 2. The van der Waals surface area contributed by atoms with Crippen molar-refractivity contribution in [3.8, 4) is 0 Å². The van der Waals surface area contributed by atoms with Crippen LogP contribution in [0.5, 0.6) is 0 Å². The van der Waals surface area contributed by atoms with Crippen LogP contribution in [0.25, 0.3) is 10.9 Å². The van der Waals surface area contributed by atoms with Gasteiger partial charge in [-0.3, -0.25) is 4.79 Å².